The largest absolute Gasteiger partial charge is 0.497 e. The second kappa shape index (κ2) is 7.71. The Balaban J connectivity index is 1.81. The molecule has 0 spiro atoms. The first-order chi connectivity index (χ1) is 13.2. The summed E-state index contributed by atoms with van der Waals surface area (Å²) in [6.45, 7) is 5.59. The summed E-state index contributed by atoms with van der Waals surface area (Å²) < 4.78 is 5.52. The van der Waals surface area contributed by atoms with Crippen LogP contribution in [0.5, 0.6) is 5.75 Å². The van der Waals surface area contributed by atoms with Gasteiger partial charge in [-0.1, -0.05) is 48.5 Å². The number of nitrogens with zero attached hydrogens (tertiary/aromatic N) is 2. The van der Waals surface area contributed by atoms with Gasteiger partial charge >= 0.3 is 0 Å². The smallest absolute Gasteiger partial charge is 0.119 e. The highest BCUT2D eigenvalue weighted by atomic mass is 16.5. The number of piperazine rings is 1. The van der Waals surface area contributed by atoms with Crippen molar-refractivity contribution in [1.82, 2.24) is 9.80 Å². The minimum Gasteiger partial charge on any atom is -0.497 e. The number of ether oxygens (including phenoxy) is 1. The van der Waals surface area contributed by atoms with Crippen molar-refractivity contribution in [2.75, 3.05) is 33.8 Å². The molecule has 3 heteroatoms. The van der Waals surface area contributed by atoms with E-state index in [0.717, 1.165) is 25.4 Å². The molecule has 2 unspecified atom stereocenters. The second-order valence-electron chi connectivity index (χ2n) is 7.63. The van der Waals surface area contributed by atoms with Crippen LogP contribution in [0.15, 0.2) is 66.7 Å². The van der Waals surface area contributed by atoms with E-state index in [0.29, 0.717) is 6.04 Å². The van der Waals surface area contributed by atoms with E-state index in [-0.39, 0.29) is 6.04 Å². The van der Waals surface area contributed by atoms with Crippen molar-refractivity contribution in [2.45, 2.75) is 19.0 Å². The van der Waals surface area contributed by atoms with Crippen LogP contribution in [0.2, 0.25) is 0 Å². The van der Waals surface area contributed by atoms with Gasteiger partial charge < -0.3 is 9.64 Å². The van der Waals surface area contributed by atoms with E-state index in [1.54, 1.807) is 7.11 Å². The molecule has 1 aliphatic rings. The molecule has 0 N–H and O–H groups in total. The molecule has 1 heterocycles. The molecule has 3 nitrogen and oxygen atoms in total. The molecule has 4 rings (SSSR count). The summed E-state index contributed by atoms with van der Waals surface area (Å²) in [6, 6.07) is 24.7. The predicted molar refractivity (Wildman–Crippen MR) is 112 cm³/mol. The van der Waals surface area contributed by atoms with Crippen molar-refractivity contribution >= 4 is 10.8 Å². The van der Waals surface area contributed by atoms with Gasteiger partial charge in [0.1, 0.15) is 5.75 Å². The molecule has 27 heavy (non-hydrogen) atoms. The van der Waals surface area contributed by atoms with Crippen molar-refractivity contribution in [3.8, 4) is 5.75 Å². The molecular weight excluding hydrogens is 332 g/mol. The van der Waals surface area contributed by atoms with Crippen LogP contribution in [-0.4, -0.2) is 49.6 Å². The van der Waals surface area contributed by atoms with Crippen LogP contribution >= 0.6 is 0 Å². The molecule has 2 atom stereocenters. The highest BCUT2D eigenvalue weighted by Gasteiger charge is 2.30. The molecule has 3 aromatic carbocycles. The lowest BCUT2D eigenvalue weighted by molar-refractivity contribution is 0.0746. The molecule has 0 bridgehead atoms. The maximum Gasteiger partial charge on any atom is 0.119 e. The summed E-state index contributed by atoms with van der Waals surface area (Å²) in [6.07, 6.45) is 0. The molecule has 0 aliphatic carbocycles. The van der Waals surface area contributed by atoms with Crippen LogP contribution in [0.3, 0.4) is 0 Å². The Kier molecular flexibility index (Phi) is 5.15. The van der Waals surface area contributed by atoms with Gasteiger partial charge in [-0.2, -0.15) is 0 Å². The molecular formula is C24H28N2O. The first kappa shape index (κ1) is 18.0. The van der Waals surface area contributed by atoms with E-state index in [1.165, 1.54) is 21.9 Å². The van der Waals surface area contributed by atoms with Gasteiger partial charge in [0.05, 0.1) is 13.2 Å². The Morgan fingerprint density at radius 2 is 1.67 bits per heavy atom. The normalized spacial score (nSPS) is 19.9. The number of rotatable bonds is 4. The minimum atomic E-state index is 0.230. The van der Waals surface area contributed by atoms with Crippen LogP contribution in [0, 0.1) is 0 Å². The number of hydrogen-bond donors (Lipinski definition) is 0. The van der Waals surface area contributed by atoms with Gasteiger partial charge in [0.2, 0.25) is 0 Å². The second-order valence-corrected chi connectivity index (χ2v) is 7.63. The quantitative estimate of drug-likeness (QED) is 0.678. The summed E-state index contributed by atoms with van der Waals surface area (Å²) in [4.78, 5) is 5.06. The average Bonchev–Trinajstić information content (AvgIpc) is 2.70. The summed E-state index contributed by atoms with van der Waals surface area (Å²) in [5, 5.41) is 2.58. The Labute approximate surface area is 162 Å². The lowest BCUT2D eigenvalue weighted by Gasteiger charge is -2.43. The maximum absolute atomic E-state index is 5.52. The SMILES string of the molecule is COc1cccc(C(c2ccc3ccccc3c2)N2CCN(C)CC2C)c1. The van der Waals surface area contributed by atoms with Crippen molar-refractivity contribution in [3.05, 3.63) is 77.9 Å². The van der Waals surface area contributed by atoms with Gasteiger partial charge in [-0.05, 0) is 54.1 Å². The lowest BCUT2D eigenvalue weighted by atomic mass is 9.93. The third-order valence-corrected chi connectivity index (χ3v) is 5.71. The van der Waals surface area contributed by atoms with Gasteiger partial charge in [-0.3, -0.25) is 4.90 Å². The van der Waals surface area contributed by atoms with Crippen LogP contribution in [0.4, 0.5) is 0 Å². The summed E-state index contributed by atoms with van der Waals surface area (Å²) in [5.41, 5.74) is 2.64. The maximum atomic E-state index is 5.52. The molecule has 0 aromatic heterocycles. The zero-order valence-electron chi connectivity index (χ0n) is 16.4. The number of fused-ring (bicyclic) bond motifs is 1. The summed E-state index contributed by atoms with van der Waals surface area (Å²) >= 11 is 0. The first-order valence-electron chi connectivity index (χ1n) is 9.72. The number of likely N-dealkylation sites (N-methyl/N-ethyl adjacent to an activating group) is 1. The van der Waals surface area contributed by atoms with Gasteiger partial charge in [-0.15, -0.1) is 0 Å². The standard InChI is InChI=1S/C24H28N2O/c1-18-17-25(2)13-14-26(18)24(21-9-6-10-23(16-21)27-3)22-12-11-19-7-4-5-8-20(19)15-22/h4-12,15-16,18,24H,13-14,17H2,1-3H3. The van der Waals surface area contributed by atoms with E-state index in [2.05, 4.69) is 84.4 Å². The molecule has 0 amide bonds. The monoisotopic (exact) mass is 360 g/mol. The van der Waals surface area contributed by atoms with Gasteiger partial charge in [0.25, 0.3) is 0 Å². The Morgan fingerprint density at radius 1 is 0.889 bits per heavy atom. The van der Waals surface area contributed by atoms with Gasteiger partial charge in [0.15, 0.2) is 0 Å². The zero-order chi connectivity index (χ0) is 18.8. The van der Waals surface area contributed by atoms with E-state index in [1.807, 2.05) is 6.07 Å². The fourth-order valence-electron chi connectivity index (χ4n) is 4.30. The zero-order valence-corrected chi connectivity index (χ0v) is 16.4. The Hall–Kier alpha value is -2.36. The van der Waals surface area contributed by atoms with Crippen molar-refractivity contribution in [3.63, 3.8) is 0 Å². The number of methoxy groups -OCH3 is 1. The third kappa shape index (κ3) is 3.71. The predicted octanol–water partition coefficient (Wildman–Crippen LogP) is 4.57. The fraction of sp³-hybridized carbons (Fsp3) is 0.333. The molecule has 0 saturated carbocycles. The van der Waals surface area contributed by atoms with Crippen molar-refractivity contribution in [1.29, 1.82) is 0 Å². The third-order valence-electron chi connectivity index (χ3n) is 5.71. The molecule has 140 valence electrons. The number of benzene rings is 3. The molecule has 3 aromatic rings. The van der Waals surface area contributed by atoms with Crippen LogP contribution < -0.4 is 4.74 Å². The highest BCUT2D eigenvalue weighted by molar-refractivity contribution is 5.83. The molecule has 1 saturated heterocycles. The molecule has 1 aliphatic heterocycles. The topological polar surface area (TPSA) is 15.7 Å². The first-order valence-corrected chi connectivity index (χ1v) is 9.72. The minimum absolute atomic E-state index is 0.230. The Morgan fingerprint density at radius 3 is 2.44 bits per heavy atom. The van der Waals surface area contributed by atoms with Crippen molar-refractivity contribution < 1.29 is 4.74 Å². The summed E-state index contributed by atoms with van der Waals surface area (Å²) in [5.74, 6) is 0.917. The number of hydrogen-bond acceptors (Lipinski definition) is 3. The van der Waals surface area contributed by atoms with Crippen LogP contribution in [0.1, 0.15) is 24.1 Å². The van der Waals surface area contributed by atoms with E-state index >= 15 is 0 Å². The van der Waals surface area contributed by atoms with Crippen molar-refractivity contribution in [2.24, 2.45) is 0 Å². The van der Waals surface area contributed by atoms with E-state index in [4.69, 9.17) is 4.74 Å². The van der Waals surface area contributed by atoms with Crippen LogP contribution in [0.25, 0.3) is 10.8 Å². The highest BCUT2D eigenvalue weighted by Crippen LogP contribution is 2.34. The van der Waals surface area contributed by atoms with Gasteiger partial charge in [0, 0.05) is 25.7 Å². The van der Waals surface area contributed by atoms with E-state index in [9.17, 15) is 0 Å². The molecule has 1 fully saturated rings. The molecule has 0 radical (unpaired) electrons. The van der Waals surface area contributed by atoms with Gasteiger partial charge in [-0.25, -0.2) is 0 Å². The van der Waals surface area contributed by atoms with Crippen LogP contribution in [-0.2, 0) is 0 Å². The Bertz CT molecular complexity index is 923. The van der Waals surface area contributed by atoms with E-state index < -0.39 is 0 Å². The summed E-state index contributed by atoms with van der Waals surface area (Å²) in [7, 11) is 3.95. The lowest BCUT2D eigenvalue weighted by Crippen LogP contribution is -2.51. The fourth-order valence-corrected chi connectivity index (χ4v) is 4.30. The average molecular weight is 361 g/mol.